The van der Waals surface area contributed by atoms with Gasteiger partial charge in [0.05, 0.1) is 25.9 Å². The van der Waals surface area contributed by atoms with Gasteiger partial charge in [-0.3, -0.25) is 9.89 Å². The van der Waals surface area contributed by atoms with Gasteiger partial charge in [-0.15, -0.1) is 24.0 Å². The smallest absolute Gasteiger partial charge is 0.191 e. The lowest BCUT2D eigenvalue weighted by molar-refractivity contribution is 0.00867. The van der Waals surface area contributed by atoms with Crippen LogP contribution in [0.15, 0.2) is 29.3 Å². The molecule has 0 amide bonds. The zero-order chi connectivity index (χ0) is 19.6. The van der Waals surface area contributed by atoms with Crippen molar-refractivity contribution in [1.29, 1.82) is 0 Å². The van der Waals surface area contributed by atoms with Gasteiger partial charge >= 0.3 is 0 Å². The van der Waals surface area contributed by atoms with E-state index >= 15 is 0 Å². The molecule has 2 unspecified atom stereocenters. The van der Waals surface area contributed by atoms with Gasteiger partial charge in [-0.1, -0.05) is 32.0 Å². The van der Waals surface area contributed by atoms with E-state index < -0.39 is 11.9 Å². The van der Waals surface area contributed by atoms with Gasteiger partial charge in [-0.25, -0.2) is 4.39 Å². The largest absolute Gasteiger partial charge is 0.386 e. The first-order valence-electron chi connectivity index (χ1n) is 9.79. The molecule has 28 heavy (non-hydrogen) atoms. The number of benzene rings is 1. The van der Waals surface area contributed by atoms with E-state index in [1.54, 1.807) is 18.2 Å². The van der Waals surface area contributed by atoms with Crippen LogP contribution in [0.2, 0.25) is 0 Å². The summed E-state index contributed by atoms with van der Waals surface area (Å²) in [5, 5.41) is 16.6. The lowest BCUT2D eigenvalue weighted by atomic mass is 10.0. The Morgan fingerprint density at radius 2 is 1.93 bits per heavy atom. The molecule has 160 valence electrons. The summed E-state index contributed by atoms with van der Waals surface area (Å²) in [4.78, 5) is 7.13. The van der Waals surface area contributed by atoms with Gasteiger partial charge in [-0.2, -0.15) is 0 Å². The highest BCUT2D eigenvalue weighted by Gasteiger charge is 2.23. The Labute approximate surface area is 185 Å². The Hall–Kier alpha value is -0.970. The number of rotatable bonds is 8. The lowest BCUT2D eigenvalue weighted by Gasteiger charge is -2.36. The average molecular weight is 508 g/mol. The standard InChI is InChI=1S/C20H33FN4O2.HI/c1-4-22-20(24-14-19(26)16-7-5-6-8-17(16)21)23-13-18(15(2)3)25-9-11-27-12-10-25;/h5-8,15,18-19,26H,4,9-14H2,1-3H3,(H2,22,23,24);1H. The molecule has 0 radical (unpaired) electrons. The number of morpholine rings is 1. The number of nitrogens with one attached hydrogen (secondary N) is 2. The molecule has 0 saturated carbocycles. The molecule has 1 aliphatic rings. The number of aliphatic hydroxyl groups is 1. The van der Waals surface area contributed by atoms with Crippen LogP contribution in [0.3, 0.4) is 0 Å². The van der Waals surface area contributed by atoms with E-state index in [4.69, 9.17) is 9.73 Å². The molecule has 0 spiro atoms. The first-order valence-corrected chi connectivity index (χ1v) is 9.79. The number of ether oxygens (including phenoxy) is 1. The summed E-state index contributed by atoms with van der Waals surface area (Å²) in [5.74, 6) is 0.700. The van der Waals surface area contributed by atoms with Crippen molar-refractivity contribution < 1.29 is 14.2 Å². The molecule has 1 heterocycles. The number of halogens is 2. The Balaban J connectivity index is 0.00000392. The number of guanidine groups is 1. The predicted octanol–water partition coefficient (Wildman–Crippen LogP) is 2.39. The number of aliphatic hydroxyl groups excluding tert-OH is 1. The van der Waals surface area contributed by atoms with Crippen LogP contribution in [0.1, 0.15) is 32.4 Å². The summed E-state index contributed by atoms with van der Waals surface area (Å²) in [6.07, 6.45) is -0.935. The van der Waals surface area contributed by atoms with Crippen molar-refractivity contribution in [1.82, 2.24) is 15.5 Å². The van der Waals surface area contributed by atoms with Crippen molar-refractivity contribution in [3.8, 4) is 0 Å². The van der Waals surface area contributed by atoms with Crippen molar-refractivity contribution >= 4 is 29.9 Å². The zero-order valence-electron chi connectivity index (χ0n) is 17.0. The monoisotopic (exact) mass is 508 g/mol. The highest BCUT2D eigenvalue weighted by molar-refractivity contribution is 14.0. The minimum Gasteiger partial charge on any atom is -0.386 e. The van der Waals surface area contributed by atoms with Crippen LogP contribution < -0.4 is 10.6 Å². The summed E-state index contributed by atoms with van der Waals surface area (Å²) in [7, 11) is 0. The van der Waals surface area contributed by atoms with Crippen molar-refractivity contribution in [3.63, 3.8) is 0 Å². The fourth-order valence-electron chi connectivity index (χ4n) is 3.23. The fourth-order valence-corrected chi connectivity index (χ4v) is 3.23. The normalized spacial score (nSPS) is 17.7. The second-order valence-electron chi connectivity index (χ2n) is 7.10. The van der Waals surface area contributed by atoms with Crippen molar-refractivity contribution in [2.45, 2.75) is 32.9 Å². The molecule has 6 nitrogen and oxygen atoms in total. The Bertz CT molecular complexity index is 597. The van der Waals surface area contributed by atoms with Crippen LogP contribution in [0.25, 0.3) is 0 Å². The molecular formula is C20H34FIN4O2. The first-order chi connectivity index (χ1) is 13.0. The van der Waals surface area contributed by atoms with E-state index in [2.05, 4.69) is 29.4 Å². The van der Waals surface area contributed by atoms with E-state index in [1.165, 1.54) is 6.07 Å². The Kier molecular flexibility index (Phi) is 11.9. The third-order valence-electron chi connectivity index (χ3n) is 4.79. The molecule has 1 aromatic rings. The number of aliphatic imine (C=N–C) groups is 1. The average Bonchev–Trinajstić information content (AvgIpc) is 2.67. The second-order valence-corrected chi connectivity index (χ2v) is 7.10. The molecule has 0 aromatic heterocycles. The van der Waals surface area contributed by atoms with Gasteiger partial charge in [0.25, 0.3) is 0 Å². The Morgan fingerprint density at radius 3 is 2.54 bits per heavy atom. The topological polar surface area (TPSA) is 69.1 Å². The lowest BCUT2D eigenvalue weighted by Crippen LogP contribution is -2.48. The number of nitrogens with zero attached hydrogens (tertiary/aromatic N) is 2. The maximum absolute atomic E-state index is 13.8. The van der Waals surface area contributed by atoms with Crippen LogP contribution in [-0.4, -0.2) is 67.9 Å². The quantitative estimate of drug-likeness (QED) is 0.286. The van der Waals surface area contributed by atoms with E-state index in [1.807, 2.05) is 6.92 Å². The van der Waals surface area contributed by atoms with Crippen LogP contribution in [0.5, 0.6) is 0 Å². The third kappa shape index (κ3) is 7.81. The molecule has 1 aromatic carbocycles. The zero-order valence-corrected chi connectivity index (χ0v) is 19.4. The van der Waals surface area contributed by atoms with Crippen LogP contribution >= 0.6 is 24.0 Å². The number of hydrogen-bond acceptors (Lipinski definition) is 4. The molecule has 0 bridgehead atoms. The highest BCUT2D eigenvalue weighted by Crippen LogP contribution is 2.16. The maximum Gasteiger partial charge on any atom is 0.191 e. The molecule has 0 aliphatic carbocycles. The van der Waals surface area contributed by atoms with Crippen LogP contribution in [-0.2, 0) is 4.74 Å². The third-order valence-corrected chi connectivity index (χ3v) is 4.79. The minimum atomic E-state index is -0.935. The van der Waals surface area contributed by atoms with E-state index in [0.29, 0.717) is 31.0 Å². The molecule has 1 aliphatic heterocycles. The Morgan fingerprint density at radius 1 is 1.25 bits per heavy atom. The minimum absolute atomic E-state index is 0. The SMILES string of the molecule is CCNC(=NCC(C(C)C)N1CCOCC1)NCC(O)c1ccccc1F.I. The molecule has 1 fully saturated rings. The summed E-state index contributed by atoms with van der Waals surface area (Å²) in [5.41, 5.74) is 0.286. The van der Waals surface area contributed by atoms with Gasteiger partial charge in [-0.05, 0) is 18.9 Å². The summed E-state index contributed by atoms with van der Waals surface area (Å²) >= 11 is 0. The van der Waals surface area contributed by atoms with Crippen molar-refractivity contribution in [3.05, 3.63) is 35.6 Å². The highest BCUT2D eigenvalue weighted by atomic mass is 127. The van der Waals surface area contributed by atoms with Crippen LogP contribution in [0.4, 0.5) is 4.39 Å². The summed E-state index contributed by atoms with van der Waals surface area (Å²) < 4.78 is 19.3. The molecular weight excluding hydrogens is 474 g/mol. The molecule has 3 N–H and O–H groups in total. The van der Waals surface area contributed by atoms with Gasteiger partial charge in [0, 0.05) is 37.8 Å². The second kappa shape index (κ2) is 13.3. The summed E-state index contributed by atoms with van der Waals surface area (Å²) in [6, 6.07) is 6.62. The van der Waals surface area contributed by atoms with Gasteiger partial charge in [0.15, 0.2) is 5.96 Å². The van der Waals surface area contributed by atoms with Gasteiger partial charge in [0.2, 0.25) is 0 Å². The van der Waals surface area contributed by atoms with E-state index in [-0.39, 0.29) is 36.1 Å². The van der Waals surface area contributed by atoms with Gasteiger partial charge in [0.1, 0.15) is 5.82 Å². The van der Waals surface area contributed by atoms with E-state index in [0.717, 1.165) is 26.3 Å². The maximum atomic E-state index is 13.8. The van der Waals surface area contributed by atoms with E-state index in [9.17, 15) is 9.50 Å². The van der Waals surface area contributed by atoms with Crippen molar-refractivity contribution in [2.24, 2.45) is 10.9 Å². The molecule has 8 heteroatoms. The first kappa shape index (κ1) is 25.1. The summed E-state index contributed by atoms with van der Waals surface area (Å²) in [6.45, 7) is 11.3. The molecule has 2 rings (SSSR count). The van der Waals surface area contributed by atoms with Gasteiger partial charge < -0.3 is 20.5 Å². The number of hydrogen-bond donors (Lipinski definition) is 3. The van der Waals surface area contributed by atoms with Crippen molar-refractivity contribution in [2.75, 3.05) is 45.9 Å². The molecule has 2 atom stereocenters. The predicted molar refractivity (Wildman–Crippen MR) is 122 cm³/mol. The van der Waals surface area contributed by atoms with Crippen LogP contribution in [0, 0.1) is 11.7 Å². The molecule has 1 saturated heterocycles. The fraction of sp³-hybridized carbons (Fsp3) is 0.650.